The van der Waals surface area contributed by atoms with E-state index >= 15 is 0 Å². The van der Waals surface area contributed by atoms with Crippen LogP contribution in [0.5, 0.6) is 0 Å². The molecule has 0 spiro atoms. The summed E-state index contributed by atoms with van der Waals surface area (Å²) in [5.74, 6) is 5.16. The molecule has 0 unspecified atom stereocenters. The molecule has 48 valence electrons. The lowest BCUT2D eigenvalue weighted by Crippen LogP contribution is -2.09. The second kappa shape index (κ2) is 2.80. The third kappa shape index (κ3) is 1.40. The summed E-state index contributed by atoms with van der Waals surface area (Å²) in [5.41, 5.74) is 3.40. The minimum atomic E-state index is 0.869. The monoisotopic (exact) mass is 188 g/mol. The Morgan fingerprint density at radius 1 is 1.67 bits per heavy atom. The number of halogens is 1. The highest BCUT2D eigenvalue weighted by atomic mass is 79.9. The number of nitrogens with one attached hydrogen (secondary N) is 2. The molecule has 9 heavy (non-hydrogen) atoms. The number of hydrazine groups is 1. The van der Waals surface area contributed by atoms with Gasteiger partial charge in [-0.15, -0.1) is 0 Å². The number of nitrogens with two attached hydrogens (primary N) is 1. The van der Waals surface area contributed by atoms with Crippen LogP contribution in [0.3, 0.4) is 0 Å². The van der Waals surface area contributed by atoms with Crippen molar-refractivity contribution in [3.05, 3.63) is 22.9 Å². The first-order chi connectivity index (χ1) is 4.34. The fourth-order valence-electron chi connectivity index (χ4n) is 0.527. The summed E-state index contributed by atoms with van der Waals surface area (Å²) in [6, 6.07) is 1.84. The first-order valence-corrected chi connectivity index (χ1v) is 3.26. The van der Waals surface area contributed by atoms with Crippen molar-refractivity contribution < 1.29 is 4.98 Å². The summed E-state index contributed by atoms with van der Waals surface area (Å²) in [5, 5.41) is 0. The maximum Gasteiger partial charge on any atom is 0.183 e. The Hall–Kier alpha value is -0.610. The Labute approximate surface area is 61.4 Å². The van der Waals surface area contributed by atoms with Gasteiger partial charge < -0.3 is 5.43 Å². The predicted octanol–water partition coefficient (Wildman–Crippen LogP) is 0.549. The Morgan fingerprint density at radius 3 is 2.89 bits per heavy atom. The van der Waals surface area contributed by atoms with Crippen molar-refractivity contribution in [2.75, 3.05) is 5.43 Å². The molecule has 0 atom stereocenters. The van der Waals surface area contributed by atoms with Gasteiger partial charge in [0.05, 0.1) is 5.69 Å². The van der Waals surface area contributed by atoms with Crippen LogP contribution in [0.1, 0.15) is 0 Å². The average Bonchev–Trinajstić information content (AvgIpc) is 1.89. The van der Waals surface area contributed by atoms with Gasteiger partial charge in [0.1, 0.15) is 4.47 Å². The molecule has 1 heterocycles. The van der Waals surface area contributed by atoms with Crippen LogP contribution in [0.15, 0.2) is 22.9 Å². The largest absolute Gasteiger partial charge is 0.323 e. The van der Waals surface area contributed by atoms with Crippen LogP contribution in [-0.2, 0) is 0 Å². The number of nitrogen functional groups attached to an aromatic ring is 1. The van der Waals surface area contributed by atoms with Crippen LogP contribution in [0, 0.1) is 0 Å². The van der Waals surface area contributed by atoms with Crippen molar-refractivity contribution in [3.8, 4) is 0 Å². The van der Waals surface area contributed by atoms with Gasteiger partial charge in [-0.25, -0.2) is 4.98 Å². The van der Waals surface area contributed by atoms with Gasteiger partial charge in [0.2, 0.25) is 0 Å². The quantitative estimate of drug-likeness (QED) is 0.500. The van der Waals surface area contributed by atoms with Gasteiger partial charge in [-0.3, -0.25) is 5.84 Å². The fourth-order valence-corrected chi connectivity index (χ4v) is 0.906. The van der Waals surface area contributed by atoms with E-state index in [0.717, 1.165) is 10.2 Å². The predicted molar refractivity (Wildman–Crippen MR) is 38.5 cm³/mol. The van der Waals surface area contributed by atoms with Crippen molar-refractivity contribution in [1.82, 2.24) is 0 Å². The van der Waals surface area contributed by atoms with E-state index in [4.69, 9.17) is 5.84 Å². The Bertz CT molecular complexity index is 201. The van der Waals surface area contributed by atoms with Gasteiger partial charge in [-0.1, -0.05) is 0 Å². The van der Waals surface area contributed by atoms with Crippen LogP contribution in [0.2, 0.25) is 0 Å². The molecule has 4 N–H and O–H groups in total. The third-order valence-corrected chi connectivity index (χ3v) is 1.63. The van der Waals surface area contributed by atoms with Crippen molar-refractivity contribution >= 4 is 21.6 Å². The highest BCUT2D eigenvalue weighted by molar-refractivity contribution is 9.10. The number of hydrogen-bond donors (Lipinski definition) is 2. The third-order valence-electron chi connectivity index (χ3n) is 0.969. The molecule has 3 nitrogen and oxygen atoms in total. The summed E-state index contributed by atoms with van der Waals surface area (Å²) in [4.78, 5) is 2.89. The van der Waals surface area contributed by atoms with E-state index < -0.39 is 0 Å². The number of pyridine rings is 1. The van der Waals surface area contributed by atoms with E-state index in [2.05, 4.69) is 26.3 Å². The molecule has 0 fully saturated rings. The lowest BCUT2D eigenvalue weighted by molar-refractivity contribution is -0.378. The molecule has 0 aromatic carbocycles. The molecule has 0 aliphatic carbocycles. The summed E-state index contributed by atoms with van der Waals surface area (Å²) in [6.45, 7) is 0. The zero-order valence-corrected chi connectivity index (χ0v) is 6.27. The summed E-state index contributed by atoms with van der Waals surface area (Å²) < 4.78 is 0.924. The van der Waals surface area contributed by atoms with Crippen molar-refractivity contribution in [3.63, 3.8) is 0 Å². The maximum atomic E-state index is 5.16. The smallest absolute Gasteiger partial charge is 0.183 e. The van der Waals surface area contributed by atoms with Crippen LogP contribution in [-0.4, -0.2) is 0 Å². The molecule has 0 amide bonds. The van der Waals surface area contributed by atoms with E-state index in [9.17, 15) is 0 Å². The molecular formula is C5H7BrN3+. The van der Waals surface area contributed by atoms with Crippen LogP contribution < -0.4 is 16.3 Å². The Morgan fingerprint density at radius 2 is 2.44 bits per heavy atom. The lowest BCUT2D eigenvalue weighted by atomic mass is 10.4. The van der Waals surface area contributed by atoms with Crippen molar-refractivity contribution in [2.24, 2.45) is 5.84 Å². The lowest BCUT2D eigenvalue weighted by Gasteiger charge is -1.95. The molecule has 0 radical (unpaired) electrons. The molecule has 0 aliphatic rings. The molecule has 1 rings (SSSR count). The maximum absolute atomic E-state index is 5.16. The molecule has 1 aromatic heterocycles. The van der Waals surface area contributed by atoms with Gasteiger partial charge >= 0.3 is 0 Å². The second-order valence-electron chi connectivity index (χ2n) is 1.55. The van der Waals surface area contributed by atoms with E-state index in [1.807, 2.05) is 6.07 Å². The number of aromatic amines is 1. The summed E-state index contributed by atoms with van der Waals surface area (Å²) in [7, 11) is 0. The number of H-pyrrole nitrogens is 1. The normalized spacial score (nSPS) is 9.11. The molecular weight excluding hydrogens is 182 g/mol. The summed E-state index contributed by atoms with van der Waals surface area (Å²) in [6.07, 6.45) is 3.59. The fraction of sp³-hybridized carbons (Fsp3) is 0. The van der Waals surface area contributed by atoms with Gasteiger partial charge in [0, 0.05) is 6.07 Å². The van der Waals surface area contributed by atoms with Crippen LogP contribution in [0.25, 0.3) is 0 Å². The van der Waals surface area contributed by atoms with Gasteiger partial charge in [-0.05, 0) is 15.9 Å². The highest BCUT2D eigenvalue weighted by Crippen LogP contribution is 2.16. The molecule has 1 aromatic rings. The van der Waals surface area contributed by atoms with Crippen LogP contribution >= 0.6 is 15.9 Å². The zero-order chi connectivity index (χ0) is 6.69. The van der Waals surface area contributed by atoms with E-state index in [-0.39, 0.29) is 0 Å². The number of anilines is 1. The summed E-state index contributed by atoms with van der Waals surface area (Å²) >= 11 is 3.28. The Kier molecular flexibility index (Phi) is 2.02. The van der Waals surface area contributed by atoms with Gasteiger partial charge in [0.25, 0.3) is 0 Å². The average molecular weight is 189 g/mol. The molecule has 0 saturated carbocycles. The van der Waals surface area contributed by atoms with Gasteiger partial charge in [-0.2, -0.15) is 0 Å². The van der Waals surface area contributed by atoms with Crippen molar-refractivity contribution in [1.29, 1.82) is 0 Å². The molecule has 0 aliphatic heterocycles. The number of rotatable bonds is 1. The number of aromatic nitrogens is 1. The van der Waals surface area contributed by atoms with Gasteiger partial charge in [0.15, 0.2) is 12.4 Å². The minimum absolute atomic E-state index is 0.869. The van der Waals surface area contributed by atoms with E-state index in [1.165, 1.54) is 0 Å². The van der Waals surface area contributed by atoms with E-state index in [1.54, 1.807) is 12.4 Å². The minimum Gasteiger partial charge on any atom is -0.323 e. The SMILES string of the molecule is NNc1cc[nH+]cc1Br. The Balaban J connectivity index is 3.01. The molecule has 0 bridgehead atoms. The van der Waals surface area contributed by atoms with E-state index in [0.29, 0.717) is 0 Å². The topological polar surface area (TPSA) is 52.2 Å². The second-order valence-corrected chi connectivity index (χ2v) is 2.40. The first kappa shape index (κ1) is 6.51. The highest BCUT2D eigenvalue weighted by Gasteiger charge is 1.96. The zero-order valence-electron chi connectivity index (χ0n) is 4.69. The number of hydrogen-bond acceptors (Lipinski definition) is 2. The molecule has 0 saturated heterocycles. The first-order valence-electron chi connectivity index (χ1n) is 2.47. The van der Waals surface area contributed by atoms with Crippen LogP contribution in [0.4, 0.5) is 5.69 Å². The van der Waals surface area contributed by atoms with Crippen molar-refractivity contribution in [2.45, 2.75) is 0 Å². The standard InChI is InChI=1S/C5H6BrN3/c6-4-3-8-2-1-5(4)9-7/h1-3H,7H2,(H,8,9)/p+1. The molecule has 4 heteroatoms.